The van der Waals surface area contributed by atoms with Gasteiger partial charge in [-0.25, -0.2) is 0 Å². The SMILES string of the molecule is c1ccc(C(N[C@H]2CCOC2)(c2ccccc2)c2ccccc2)cc1. The minimum absolute atomic E-state index is 0.334. The van der Waals surface area contributed by atoms with E-state index in [9.17, 15) is 0 Å². The van der Waals surface area contributed by atoms with E-state index in [1.807, 2.05) is 0 Å². The maximum atomic E-state index is 5.65. The molecule has 1 N–H and O–H groups in total. The van der Waals surface area contributed by atoms with Crippen LogP contribution in [0.3, 0.4) is 0 Å². The lowest BCUT2D eigenvalue weighted by molar-refractivity contribution is 0.186. The molecule has 1 fully saturated rings. The standard InChI is InChI=1S/C23H23NO/c1-4-10-19(11-5-1)23(20-12-6-2-7-13-20,21-14-8-3-9-15-21)24-22-16-17-25-18-22/h1-15,22,24H,16-18H2/t22-/m0/s1. The number of hydrogen-bond acceptors (Lipinski definition) is 2. The van der Waals surface area contributed by atoms with Crippen molar-refractivity contribution in [2.75, 3.05) is 13.2 Å². The number of hydrogen-bond donors (Lipinski definition) is 1. The Morgan fingerprint density at radius 1 is 0.680 bits per heavy atom. The Bertz CT molecular complexity index is 683. The van der Waals surface area contributed by atoms with Gasteiger partial charge in [-0.05, 0) is 23.1 Å². The van der Waals surface area contributed by atoms with E-state index >= 15 is 0 Å². The van der Waals surface area contributed by atoms with Gasteiger partial charge in [0.05, 0.1) is 12.1 Å². The zero-order valence-electron chi connectivity index (χ0n) is 14.3. The van der Waals surface area contributed by atoms with Crippen molar-refractivity contribution in [3.63, 3.8) is 0 Å². The van der Waals surface area contributed by atoms with Crippen molar-refractivity contribution in [3.8, 4) is 0 Å². The molecule has 0 spiro atoms. The van der Waals surface area contributed by atoms with Crippen molar-refractivity contribution in [1.29, 1.82) is 0 Å². The fraction of sp³-hybridized carbons (Fsp3) is 0.217. The molecule has 25 heavy (non-hydrogen) atoms. The first-order valence-corrected chi connectivity index (χ1v) is 8.91. The fourth-order valence-electron chi connectivity index (χ4n) is 3.77. The third-order valence-corrected chi connectivity index (χ3v) is 4.97. The van der Waals surface area contributed by atoms with Crippen molar-refractivity contribution in [1.82, 2.24) is 5.32 Å². The Kier molecular flexibility index (Phi) is 4.64. The molecule has 0 bridgehead atoms. The molecular formula is C23H23NO. The molecule has 126 valence electrons. The summed E-state index contributed by atoms with van der Waals surface area (Å²) in [7, 11) is 0. The van der Waals surface area contributed by atoms with E-state index in [-0.39, 0.29) is 5.54 Å². The molecule has 0 aliphatic carbocycles. The highest BCUT2D eigenvalue weighted by atomic mass is 16.5. The summed E-state index contributed by atoms with van der Waals surface area (Å²) in [5.41, 5.74) is 3.36. The normalized spacial score (nSPS) is 17.5. The summed E-state index contributed by atoms with van der Waals surface area (Å²) in [6.45, 7) is 1.58. The average Bonchev–Trinajstić information content (AvgIpc) is 3.21. The molecule has 4 rings (SSSR count). The molecule has 0 aromatic heterocycles. The molecule has 0 unspecified atom stereocenters. The van der Waals surface area contributed by atoms with E-state index in [2.05, 4.69) is 96.3 Å². The van der Waals surface area contributed by atoms with Gasteiger partial charge in [0.2, 0.25) is 0 Å². The zero-order chi connectivity index (χ0) is 17.0. The number of benzene rings is 3. The molecule has 1 saturated heterocycles. The van der Waals surface area contributed by atoms with Gasteiger partial charge in [-0.2, -0.15) is 0 Å². The molecule has 1 aliphatic rings. The zero-order valence-corrected chi connectivity index (χ0v) is 14.3. The first-order valence-electron chi connectivity index (χ1n) is 8.91. The summed E-state index contributed by atoms with van der Waals surface area (Å²) in [4.78, 5) is 0. The Labute approximate surface area is 149 Å². The molecule has 3 aromatic rings. The minimum atomic E-state index is -0.387. The maximum absolute atomic E-state index is 5.65. The van der Waals surface area contributed by atoms with Crippen LogP contribution in [0.4, 0.5) is 0 Å². The van der Waals surface area contributed by atoms with Crippen LogP contribution in [-0.4, -0.2) is 19.3 Å². The van der Waals surface area contributed by atoms with Crippen molar-refractivity contribution in [2.45, 2.75) is 18.0 Å². The van der Waals surface area contributed by atoms with Gasteiger partial charge in [-0.3, -0.25) is 5.32 Å². The van der Waals surface area contributed by atoms with Gasteiger partial charge >= 0.3 is 0 Å². The largest absolute Gasteiger partial charge is 0.380 e. The Morgan fingerprint density at radius 2 is 1.12 bits per heavy atom. The number of nitrogens with one attached hydrogen (secondary N) is 1. The summed E-state index contributed by atoms with van der Waals surface area (Å²) in [6.07, 6.45) is 1.04. The average molecular weight is 329 g/mol. The topological polar surface area (TPSA) is 21.3 Å². The Balaban J connectivity index is 1.93. The van der Waals surface area contributed by atoms with E-state index < -0.39 is 0 Å². The van der Waals surface area contributed by atoms with Gasteiger partial charge in [0, 0.05) is 12.6 Å². The predicted molar refractivity (Wildman–Crippen MR) is 102 cm³/mol. The minimum Gasteiger partial charge on any atom is -0.380 e. The van der Waals surface area contributed by atoms with E-state index in [1.165, 1.54) is 16.7 Å². The van der Waals surface area contributed by atoms with Crippen LogP contribution < -0.4 is 5.32 Å². The first kappa shape index (κ1) is 16.1. The van der Waals surface area contributed by atoms with E-state index in [0.29, 0.717) is 6.04 Å². The quantitative estimate of drug-likeness (QED) is 0.702. The molecule has 2 nitrogen and oxygen atoms in total. The van der Waals surface area contributed by atoms with Crippen LogP contribution >= 0.6 is 0 Å². The molecule has 1 atom stereocenters. The van der Waals surface area contributed by atoms with Crippen molar-refractivity contribution in [2.24, 2.45) is 0 Å². The van der Waals surface area contributed by atoms with Gasteiger partial charge in [0.1, 0.15) is 0 Å². The molecule has 1 aliphatic heterocycles. The van der Waals surface area contributed by atoms with E-state index in [4.69, 9.17) is 4.74 Å². The van der Waals surface area contributed by atoms with E-state index in [0.717, 1.165) is 19.6 Å². The van der Waals surface area contributed by atoms with Crippen LogP contribution in [0.25, 0.3) is 0 Å². The van der Waals surface area contributed by atoms with Crippen LogP contribution in [0.15, 0.2) is 91.0 Å². The van der Waals surface area contributed by atoms with Crippen molar-refractivity contribution >= 4 is 0 Å². The monoisotopic (exact) mass is 329 g/mol. The molecule has 0 radical (unpaired) electrons. The molecule has 2 heteroatoms. The molecule has 0 amide bonds. The van der Waals surface area contributed by atoms with Crippen LogP contribution in [0, 0.1) is 0 Å². The van der Waals surface area contributed by atoms with Crippen LogP contribution in [0.2, 0.25) is 0 Å². The lowest BCUT2D eigenvalue weighted by Gasteiger charge is -2.39. The van der Waals surface area contributed by atoms with Gasteiger partial charge in [-0.1, -0.05) is 91.0 Å². The van der Waals surface area contributed by atoms with Crippen LogP contribution in [0.5, 0.6) is 0 Å². The number of ether oxygens (including phenoxy) is 1. The summed E-state index contributed by atoms with van der Waals surface area (Å²) in [6, 6.07) is 32.5. The van der Waals surface area contributed by atoms with Crippen LogP contribution in [0.1, 0.15) is 23.1 Å². The molecule has 0 saturated carbocycles. The maximum Gasteiger partial charge on any atom is 0.0950 e. The molecule has 3 aromatic carbocycles. The fourth-order valence-corrected chi connectivity index (χ4v) is 3.77. The lowest BCUT2D eigenvalue weighted by atomic mass is 9.76. The van der Waals surface area contributed by atoms with Crippen LogP contribution in [-0.2, 0) is 10.3 Å². The summed E-state index contributed by atoms with van der Waals surface area (Å²) >= 11 is 0. The van der Waals surface area contributed by atoms with Gasteiger partial charge < -0.3 is 4.74 Å². The van der Waals surface area contributed by atoms with Crippen molar-refractivity contribution in [3.05, 3.63) is 108 Å². The summed E-state index contributed by atoms with van der Waals surface area (Å²) in [5.74, 6) is 0. The lowest BCUT2D eigenvalue weighted by Crippen LogP contribution is -2.50. The smallest absolute Gasteiger partial charge is 0.0950 e. The van der Waals surface area contributed by atoms with Gasteiger partial charge in [0.15, 0.2) is 0 Å². The Hall–Kier alpha value is -2.42. The highest BCUT2D eigenvalue weighted by molar-refractivity contribution is 5.49. The van der Waals surface area contributed by atoms with Crippen molar-refractivity contribution < 1.29 is 4.74 Å². The molecular weight excluding hydrogens is 306 g/mol. The second-order valence-electron chi connectivity index (χ2n) is 6.55. The highest BCUT2D eigenvalue weighted by Gasteiger charge is 2.38. The number of rotatable bonds is 5. The Morgan fingerprint density at radius 3 is 1.48 bits per heavy atom. The second-order valence-corrected chi connectivity index (χ2v) is 6.55. The highest BCUT2D eigenvalue weighted by Crippen LogP contribution is 2.37. The summed E-state index contributed by atoms with van der Waals surface area (Å²) in [5, 5.41) is 3.95. The third kappa shape index (κ3) is 3.11. The first-order chi connectivity index (χ1) is 12.4. The predicted octanol–water partition coefficient (Wildman–Crippen LogP) is 4.36. The van der Waals surface area contributed by atoms with E-state index in [1.54, 1.807) is 0 Å². The second kappa shape index (κ2) is 7.22. The van der Waals surface area contributed by atoms with Gasteiger partial charge in [-0.15, -0.1) is 0 Å². The summed E-state index contributed by atoms with van der Waals surface area (Å²) < 4.78 is 5.65. The molecule has 1 heterocycles. The van der Waals surface area contributed by atoms with Gasteiger partial charge in [0.25, 0.3) is 0 Å². The third-order valence-electron chi connectivity index (χ3n) is 4.97.